The number of benzene rings is 3. The van der Waals surface area contributed by atoms with E-state index in [1.54, 1.807) is 19.4 Å². The molecule has 3 aromatic carbocycles. The molecule has 1 amide bonds. The van der Waals surface area contributed by atoms with Gasteiger partial charge in [0.05, 0.1) is 23.1 Å². The van der Waals surface area contributed by atoms with E-state index < -0.39 is 13.0 Å². The largest absolute Gasteiger partial charge is 0.331 e. The summed E-state index contributed by atoms with van der Waals surface area (Å²) >= 11 is 0. The van der Waals surface area contributed by atoms with Gasteiger partial charge in [0.25, 0.3) is 5.91 Å². The zero-order valence-corrected chi connectivity index (χ0v) is 22.3. The van der Waals surface area contributed by atoms with E-state index in [1.807, 2.05) is 43.1 Å². The second-order valence-corrected chi connectivity index (χ2v) is 14.5. The Morgan fingerprint density at radius 3 is 2.54 bits per heavy atom. The normalized spacial score (nSPS) is 20.8. The van der Waals surface area contributed by atoms with Gasteiger partial charge >= 0.3 is 0 Å². The van der Waals surface area contributed by atoms with Crippen LogP contribution in [0.5, 0.6) is 0 Å². The monoisotopic (exact) mass is 513 g/mol. The van der Waals surface area contributed by atoms with Gasteiger partial charge < -0.3 is 14.0 Å². The summed E-state index contributed by atoms with van der Waals surface area (Å²) in [6, 6.07) is 15.5. The van der Waals surface area contributed by atoms with Crippen LogP contribution in [0.3, 0.4) is 0 Å². The fourth-order valence-electron chi connectivity index (χ4n) is 6.46. The number of imidazole rings is 1. The van der Waals surface area contributed by atoms with Gasteiger partial charge in [-0.2, -0.15) is 0 Å². The van der Waals surface area contributed by atoms with Gasteiger partial charge in [-0.25, -0.2) is 9.37 Å². The van der Waals surface area contributed by atoms with Gasteiger partial charge in [-0.3, -0.25) is 4.79 Å². The van der Waals surface area contributed by atoms with E-state index in [1.165, 1.54) is 24.5 Å². The van der Waals surface area contributed by atoms with Gasteiger partial charge in [-0.1, -0.05) is 18.2 Å². The summed E-state index contributed by atoms with van der Waals surface area (Å²) in [5, 5.41) is 0.294. The number of hydrogen-bond acceptors (Lipinski definition) is 3. The number of halogens is 1. The van der Waals surface area contributed by atoms with Crippen LogP contribution in [-0.2, 0) is 4.57 Å². The van der Waals surface area contributed by atoms with Crippen molar-refractivity contribution >= 4 is 29.4 Å². The lowest BCUT2D eigenvalue weighted by Gasteiger charge is -2.25. The number of aryl methyl sites for hydroxylation is 1. The van der Waals surface area contributed by atoms with Crippen molar-refractivity contribution in [3.63, 3.8) is 0 Å². The minimum Gasteiger partial charge on any atom is -0.331 e. The molecule has 4 aromatic rings. The molecule has 0 spiro atoms. The highest BCUT2D eigenvalue weighted by Gasteiger charge is 2.45. The van der Waals surface area contributed by atoms with Crippen molar-refractivity contribution in [2.75, 3.05) is 20.4 Å². The molecule has 2 aliphatic heterocycles. The molecule has 5 nitrogen and oxygen atoms in total. The van der Waals surface area contributed by atoms with E-state index in [9.17, 15) is 9.36 Å². The first-order valence-corrected chi connectivity index (χ1v) is 15.5. The van der Waals surface area contributed by atoms with Crippen molar-refractivity contribution in [1.29, 1.82) is 0 Å². The number of fused-ring (bicyclic) bond motifs is 9. The van der Waals surface area contributed by atoms with Gasteiger partial charge in [0.1, 0.15) is 18.8 Å². The molecule has 1 saturated carbocycles. The minimum atomic E-state index is -2.72. The Labute approximate surface area is 215 Å². The maximum atomic E-state index is 15.1. The molecule has 2 atom stereocenters. The molecule has 1 aromatic heterocycles. The van der Waals surface area contributed by atoms with Crippen LogP contribution in [0.25, 0.3) is 22.2 Å². The van der Waals surface area contributed by atoms with Gasteiger partial charge in [0.15, 0.2) is 0 Å². The highest BCUT2D eigenvalue weighted by Crippen LogP contribution is 2.52. The molecule has 7 rings (SSSR count). The summed E-state index contributed by atoms with van der Waals surface area (Å²) in [5.41, 5.74) is 7.72. The fourth-order valence-corrected chi connectivity index (χ4v) is 7.54. The van der Waals surface area contributed by atoms with Crippen LogP contribution < -0.4 is 5.30 Å². The van der Waals surface area contributed by atoms with Crippen LogP contribution in [0.4, 0.5) is 4.39 Å². The molecule has 3 heterocycles. The van der Waals surface area contributed by atoms with Gasteiger partial charge in [0.2, 0.25) is 0 Å². The number of carbonyl (C=O) groups excluding carboxylic acids is 1. The third-order valence-corrected chi connectivity index (χ3v) is 9.97. The smallest absolute Gasteiger partial charge is 0.254 e. The standard InChI is InChI=1S/C30H29FN3O2P/c1-16-12-27(37(3,4)36)22(31)14-21(16)18-10-11-23-24(13-18)34-25-15-26(29(34)32-23)33(2)30(35)20-7-5-6-19(28(20)25)17-8-9-17/h5-7,10-14,17,25-26H,8-9,15H2,1-4H3/t25-,26-/m1/s1. The van der Waals surface area contributed by atoms with Crippen molar-refractivity contribution in [3.8, 4) is 11.1 Å². The Balaban J connectivity index is 1.44. The first kappa shape index (κ1) is 22.9. The van der Waals surface area contributed by atoms with E-state index >= 15 is 4.39 Å². The van der Waals surface area contributed by atoms with E-state index in [4.69, 9.17) is 4.98 Å². The molecule has 0 radical (unpaired) electrons. The molecule has 0 unspecified atom stereocenters. The topological polar surface area (TPSA) is 55.2 Å². The summed E-state index contributed by atoms with van der Waals surface area (Å²) in [5.74, 6) is 1.08. The Bertz CT molecular complexity index is 1700. The molecule has 37 heavy (non-hydrogen) atoms. The van der Waals surface area contributed by atoms with Crippen molar-refractivity contribution < 1.29 is 13.8 Å². The highest BCUT2D eigenvalue weighted by atomic mass is 31.2. The molecule has 3 aliphatic rings. The summed E-state index contributed by atoms with van der Waals surface area (Å²) in [4.78, 5) is 20.3. The fraction of sp³-hybridized carbons (Fsp3) is 0.333. The summed E-state index contributed by atoms with van der Waals surface area (Å²) < 4.78 is 30.0. The van der Waals surface area contributed by atoms with Crippen LogP contribution >= 0.6 is 7.14 Å². The Kier molecular flexibility index (Phi) is 4.73. The van der Waals surface area contributed by atoms with Crippen LogP contribution in [0, 0.1) is 12.7 Å². The SMILES string of the molecule is Cc1cc(P(C)(C)=O)c(F)cc1-c1ccc2nc3n(c2c1)[C@@H]1C[C@H]3N(C)C(=O)c2cccc(C3CC3)c21. The molecular formula is C30H29FN3O2P. The Hall–Kier alpha value is -3.24. The predicted octanol–water partition coefficient (Wildman–Crippen LogP) is 6.40. The summed E-state index contributed by atoms with van der Waals surface area (Å²) in [6.45, 7) is 5.14. The summed E-state index contributed by atoms with van der Waals surface area (Å²) in [6.07, 6.45) is 3.15. The van der Waals surface area contributed by atoms with Crippen LogP contribution in [0.1, 0.15) is 70.1 Å². The molecule has 0 saturated heterocycles. The second kappa shape index (κ2) is 7.64. The number of hydrogen-bond donors (Lipinski definition) is 0. The van der Waals surface area contributed by atoms with Crippen molar-refractivity contribution in [1.82, 2.24) is 14.5 Å². The molecular weight excluding hydrogens is 484 g/mol. The summed E-state index contributed by atoms with van der Waals surface area (Å²) in [7, 11) is -0.836. The lowest BCUT2D eigenvalue weighted by molar-refractivity contribution is 0.0734. The third kappa shape index (κ3) is 3.31. The number of nitrogens with zero attached hydrogens (tertiary/aromatic N) is 3. The Morgan fingerprint density at radius 1 is 1.03 bits per heavy atom. The highest BCUT2D eigenvalue weighted by molar-refractivity contribution is 7.70. The molecule has 1 aliphatic carbocycles. The molecule has 2 bridgehead atoms. The lowest BCUT2D eigenvalue weighted by Crippen LogP contribution is -2.30. The maximum Gasteiger partial charge on any atom is 0.254 e. The van der Waals surface area contributed by atoms with Crippen LogP contribution in [0.2, 0.25) is 0 Å². The first-order chi connectivity index (χ1) is 17.6. The van der Waals surface area contributed by atoms with Crippen LogP contribution in [0.15, 0.2) is 48.5 Å². The van der Waals surface area contributed by atoms with Crippen molar-refractivity contribution in [3.05, 3.63) is 82.4 Å². The first-order valence-electron chi connectivity index (χ1n) is 12.9. The average molecular weight is 514 g/mol. The molecule has 1 fully saturated rings. The number of carbonyl (C=O) groups is 1. The Morgan fingerprint density at radius 2 is 1.81 bits per heavy atom. The van der Waals surface area contributed by atoms with Gasteiger partial charge in [-0.15, -0.1) is 0 Å². The zero-order chi connectivity index (χ0) is 25.8. The van der Waals surface area contributed by atoms with Crippen LogP contribution in [-0.4, -0.2) is 40.7 Å². The van der Waals surface area contributed by atoms with E-state index in [2.05, 4.69) is 16.7 Å². The molecule has 7 heteroatoms. The third-order valence-electron chi connectivity index (χ3n) is 8.47. The molecule has 0 N–H and O–H groups in total. The zero-order valence-electron chi connectivity index (χ0n) is 21.5. The quantitative estimate of drug-likeness (QED) is 0.298. The number of aromatic nitrogens is 2. The minimum absolute atomic E-state index is 0.0345. The van der Waals surface area contributed by atoms with Crippen molar-refractivity contribution in [2.45, 2.75) is 44.2 Å². The van der Waals surface area contributed by atoms with E-state index in [-0.39, 0.29) is 18.0 Å². The second-order valence-electron chi connectivity index (χ2n) is 11.3. The van der Waals surface area contributed by atoms with E-state index in [0.717, 1.165) is 51.1 Å². The number of amides is 1. The van der Waals surface area contributed by atoms with Gasteiger partial charge in [0, 0.05) is 24.3 Å². The van der Waals surface area contributed by atoms with Crippen molar-refractivity contribution in [2.24, 2.45) is 0 Å². The maximum absolute atomic E-state index is 15.1. The lowest BCUT2D eigenvalue weighted by atomic mass is 9.91. The number of rotatable bonds is 3. The van der Waals surface area contributed by atoms with Gasteiger partial charge in [-0.05, 0) is 97.2 Å². The molecule has 188 valence electrons. The predicted molar refractivity (Wildman–Crippen MR) is 145 cm³/mol. The van der Waals surface area contributed by atoms with E-state index in [0.29, 0.717) is 11.2 Å². The average Bonchev–Trinajstić information content (AvgIpc) is 3.57.